The van der Waals surface area contributed by atoms with E-state index in [0.717, 1.165) is 5.75 Å². The first-order valence-corrected chi connectivity index (χ1v) is 6.49. The maximum absolute atomic E-state index is 6.09. The highest BCUT2D eigenvalue weighted by atomic mass is 16.5. The van der Waals surface area contributed by atoms with Crippen LogP contribution in [0.5, 0.6) is 5.75 Å². The summed E-state index contributed by atoms with van der Waals surface area (Å²) in [6.07, 6.45) is 6.37. The van der Waals surface area contributed by atoms with Crippen molar-refractivity contribution >= 4 is 0 Å². The molecule has 0 bridgehead atoms. The Labute approximate surface area is 104 Å². The Bertz CT molecular complexity index is 336. The smallest absolute Gasteiger partial charge is 0.118 e. The molecule has 0 saturated heterocycles. The molecular formula is C15H22O2. The fourth-order valence-corrected chi connectivity index (χ4v) is 2.42. The first-order chi connectivity index (χ1) is 8.22. The summed E-state index contributed by atoms with van der Waals surface area (Å²) in [7, 11) is 1.69. The summed E-state index contributed by atoms with van der Waals surface area (Å²) in [4.78, 5) is 0. The van der Waals surface area contributed by atoms with E-state index < -0.39 is 0 Å². The van der Waals surface area contributed by atoms with E-state index in [1.54, 1.807) is 7.11 Å². The van der Waals surface area contributed by atoms with Crippen molar-refractivity contribution < 1.29 is 9.47 Å². The molecular weight excluding hydrogens is 212 g/mol. The molecule has 0 unspecified atom stereocenters. The quantitative estimate of drug-likeness (QED) is 0.785. The minimum absolute atomic E-state index is 0.0954. The van der Waals surface area contributed by atoms with Gasteiger partial charge in [0.25, 0.3) is 0 Å². The Balaban J connectivity index is 1.87. The lowest BCUT2D eigenvalue weighted by molar-refractivity contribution is -0.0665. The van der Waals surface area contributed by atoms with E-state index in [0.29, 0.717) is 6.61 Å². The van der Waals surface area contributed by atoms with Crippen LogP contribution in [-0.2, 0) is 11.3 Å². The van der Waals surface area contributed by atoms with Gasteiger partial charge in [-0.2, -0.15) is 0 Å². The summed E-state index contributed by atoms with van der Waals surface area (Å²) in [5.41, 5.74) is 1.32. The highest BCUT2D eigenvalue weighted by Crippen LogP contribution is 2.31. The van der Waals surface area contributed by atoms with Gasteiger partial charge in [-0.25, -0.2) is 0 Å². The van der Waals surface area contributed by atoms with E-state index >= 15 is 0 Å². The van der Waals surface area contributed by atoms with E-state index in [9.17, 15) is 0 Å². The summed E-state index contributed by atoms with van der Waals surface area (Å²) in [6.45, 7) is 2.95. The number of methoxy groups -OCH3 is 1. The molecule has 0 heterocycles. The van der Waals surface area contributed by atoms with Crippen LogP contribution in [0.25, 0.3) is 0 Å². The molecule has 0 aromatic heterocycles. The Kier molecular flexibility index (Phi) is 4.06. The SMILES string of the molecule is COc1ccc(COC2(C)CCCCC2)cc1. The lowest BCUT2D eigenvalue weighted by Crippen LogP contribution is -2.31. The van der Waals surface area contributed by atoms with Gasteiger partial charge in [0.05, 0.1) is 19.3 Å². The number of benzene rings is 1. The molecule has 1 aliphatic rings. The first-order valence-electron chi connectivity index (χ1n) is 6.49. The van der Waals surface area contributed by atoms with Gasteiger partial charge < -0.3 is 9.47 Å². The van der Waals surface area contributed by atoms with Crippen molar-refractivity contribution in [3.8, 4) is 5.75 Å². The molecule has 0 amide bonds. The number of rotatable bonds is 4. The summed E-state index contributed by atoms with van der Waals surface area (Å²) in [5, 5.41) is 0. The van der Waals surface area contributed by atoms with Crippen LogP contribution in [0, 0.1) is 0 Å². The van der Waals surface area contributed by atoms with Crippen LogP contribution in [0.4, 0.5) is 0 Å². The minimum atomic E-state index is 0.0954. The standard InChI is InChI=1S/C15H22O2/c1-15(10-4-3-5-11-15)17-12-13-6-8-14(16-2)9-7-13/h6-9H,3-5,10-12H2,1-2H3. The van der Waals surface area contributed by atoms with Gasteiger partial charge in [-0.15, -0.1) is 0 Å². The zero-order valence-corrected chi connectivity index (χ0v) is 10.9. The zero-order chi connectivity index (χ0) is 12.1. The molecule has 94 valence electrons. The fourth-order valence-electron chi connectivity index (χ4n) is 2.42. The summed E-state index contributed by atoms with van der Waals surface area (Å²) < 4.78 is 11.2. The second kappa shape index (κ2) is 5.54. The lowest BCUT2D eigenvalue weighted by atomic mass is 9.86. The van der Waals surface area contributed by atoms with Crippen LogP contribution < -0.4 is 4.74 Å². The Morgan fingerprint density at radius 2 is 1.71 bits per heavy atom. The molecule has 0 atom stereocenters. The molecule has 1 fully saturated rings. The van der Waals surface area contributed by atoms with Crippen LogP contribution in [0.2, 0.25) is 0 Å². The molecule has 1 aromatic rings. The van der Waals surface area contributed by atoms with E-state index in [-0.39, 0.29) is 5.60 Å². The fraction of sp³-hybridized carbons (Fsp3) is 0.600. The van der Waals surface area contributed by atoms with E-state index in [1.807, 2.05) is 12.1 Å². The number of hydrogen-bond donors (Lipinski definition) is 0. The average Bonchev–Trinajstić information content (AvgIpc) is 2.38. The monoisotopic (exact) mass is 234 g/mol. The molecule has 0 aliphatic heterocycles. The molecule has 0 N–H and O–H groups in total. The van der Waals surface area contributed by atoms with Crippen molar-refractivity contribution in [1.29, 1.82) is 0 Å². The normalized spacial score (nSPS) is 18.9. The van der Waals surface area contributed by atoms with Gasteiger partial charge >= 0.3 is 0 Å². The summed E-state index contributed by atoms with van der Waals surface area (Å²) >= 11 is 0. The Hall–Kier alpha value is -1.02. The van der Waals surface area contributed by atoms with Crippen molar-refractivity contribution in [2.24, 2.45) is 0 Å². The van der Waals surface area contributed by atoms with Gasteiger partial charge in [0.2, 0.25) is 0 Å². The molecule has 1 aromatic carbocycles. The van der Waals surface area contributed by atoms with Crippen molar-refractivity contribution in [2.45, 2.75) is 51.2 Å². The number of ether oxygens (including phenoxy) is 2. The lowest BCUT2D eigenvalue weighted by Gasteiger charge is -2.33. The van der Waals surface area contributed by atoms with Crippen LogP contribution >= 0.6 is 0 Å². The Morgan fingerprint density at radius 3 is 2.29 bits per heavy atom. The minimum Gasteiger partial charge on any atom is -0.497 e. The molecule has 17 heavy (non-hydrogen) atoms. The summed E-state index contributed by atoms with van der Waals surface area (Å²) in [5.74, 6) is 0.901. The Morgan fingerprint density at radius 1 is 1.06 bits per heavy atom. The second-order valence-corrected chi connectivity index (χ2v) is 5.15. The van der Waals surface area contributed by atoms with Gasteiger partial charge in [0.15, 0.2) is 0 Å². The topological polar surface area (TPSA) is 18.5 Å². The van der Waals surface area contributed by atoms with Crippen molar-refractivity contribution in [2.75, 3.05) is 7.11 Å². The predicted octanol–water partition coefficient (Wildman–Crippen LogP) is 3.93. The average molecular weight is 234 g/mol. The molecule has 2 rings (SSSR count). The van der Waals surface area contributed by atoms with E-state index in [4.69, 9.17) is 9.47 Å². The van der Waals surface area contributed by atoms with Gasteiger partial charge in [-0.3, -0.25) is 0 Å². The second-order valence-electron chi connectivity index (χ2n) is 5.15. The van der Waals surface area contributed by atoms with Crippen molar-refractivity contribution in [3.05, 3.63) is 29.8 Å². The van der Waals surface area contributed by atoms with Crippen LogP contribution in [0.15, 0.2) is 24.3 Å². The van der Waals surface area contributed by atoms with Crippen LogP contribution in [0.3, 0.4) is 0 Å². The number of hydrogen-bond acceptors (Lipinski definition) is 2. The van der Waals surface area contributed by atoms with Gasteiger partial charge in [0.1, 0.15) is 5.75 Å². The van der Waals surface area contributed by atoms with Crippen molar-refractivity contribution in [1.82, 2.24) is 0 Å². The maximum atomic E-state index is 6.09. The largest absolute Gasteiger partial charge is 0.497 e. The van der Waals surface area contributed by atoms with E-state index in [2.05, 4.69) is 19.1 Å². The predicted molar refractivity (Wildman–Crippen MR) is 69.3 cm³/mol. The zero-order valence-electron chi connectivity index (χ0n) is 10.9. The van der Waals surface area contributed by atoms with Gasteiger partial charge in [-0.1, -0.05) is 31.4 Å². The highest BCUT2D eigenvalue weighted by molar-refractivity contribution is 5.26. The third-order valence-corrected chi connectivity index (χ3v) is 3.66. The molecule has 2 heteroatoms. The molecule has 0 spiro atoms. The maximum Gasteiger partial charge on any atom is 0.118 e. The molecule has 0 radical (unpaired) electrons. The molecule has 1 aliphatic carbocycles. The highest BCUT2D eigenvalue weighted by Gasteiger charge is 2.27. The summed E-state index contributed by atoms with van der Waals surface area (Å²) in [6, 6.07) is 8.12. The van der Waals surface area contributed by atoms with Crippen LogP contribution in [-0.4, -0.2) is 12.7 Å². The first kappa shape index (κ1) is 12.4. The van der Waals surface area contributed by atoms with Gasteiger partial charge in [0, 0.05) is 0 Å². The van der Waals surface area contributed by atoms with Crippen molar-refractivity contribution in [3.63, 3.8) is 0 Å². The van der Waals surface area contributed by atoms with Gasteiger partial charge in [-0.05, 0) is 37.5 Å². The van der Waals surface area contributed by atoms with E-state index in [1.165, 1.54) is 37.7 Å². The van der Waals surface area contributed by atoms with Crippen LogP contribution in [0.1, 0.15) is 44.6 Å². The third kappa shape index (κ3) is 3.47. The molecule has 2 nitrogen and oxygen atoms in total. The third-order valence-electron chi connectivity index (χ3n) is 3.66. The molecule has 1 saturated carbocycles.